The molecule has 7 heteroatoms. The number of thioether (sulfide) groups is 1. The highest BCUT2D eigenvalue weighted by Gasteiger charge is 2.27. The van der Waals surface area contributed by atoms with E-state index in [1.165, 1.54) is 16.1 Å². The Morgan fingerprint density at radius 2 is 2.15 bits per heavy atom. The number of nitrogens with zero attached hydrogens (tertiary/aromatic N) is 1. The van der Waals surface area contributed by atoms with E-state index >= 15 is 0 Å². The van der Waals surface area contributed by atoms with Gasteiger partial charge in [-0.15, -0.1) is 11.8 Å². The fourth-order valence-corrected chi connectivity index (χ4v) is 5.04. The van der Waals surface area contributed by atoms with Crippen LogP contribution in [-0.4, -0.2) is 48.5 Å². The van der Waals surface area contributed by atoms with Crippen molar-refractivity contribution in [2.75, 3.05) is 30.3 Å². The molecular formula is C13H20N2O3S2. The van der Waals surface area contributed by atoms with Crippen LogP contribution in [0.1, 0.15) is 12.8 Å². The Labute approximate surface area is 124 Å². The van der Waals surface area contributed by atoms with Crippen LogP contribution in [0.2, 0.25) is 0 Å². The molecule has 1 unspecified atom stereocenters. The first-order valence-corrected chi connectivity index (χ1v) is 9.22. The maximum atomic E-state index is 12.2. The van der Waals surface area contributed by atoms with E-state index in [2.05, 4.69) is 0 Å². The van der Waals surface area contributed by atoms with E-state index < -0.39 is 16.1 Å². The average Bonchev–Trinajstić information content (AvgIpc) is 2.41. The highest BCUT2D eigenvalue weighted by molar-refractivity contribution is 8.00. The fraction of sp³-hybridized carbons (Fsp3) is 0.538. The minimum Gasteiger partial charge on any atom is -0.398 e. The van der Waals surface area contributed by atoms with Crippen molar-refractivity contribution in [2.45, 2.75) is 23.8 Å². The molecule has 20 heavy (non-hydrogen) atoms. The van der Waals surface area contributed by atoms with E-state index in [4.69, 9.17) is 5.73 Å². The van der Waals surface area contributed by atoms with E-state index in [-0.39, 0.29) is 12.3 Å². The monoisotopic (exact) mass is 316 g/mol. The van der Waals surface area contributed by atoms with Crippen molar-refractivity contribution >= 4 is 27.5 Å². The lowest BCUT2D eigenvalue weighted by Crippen LogP contribution is -2.43. The first kappa shape index (κ1) is 15.6. The molecular weight excluding hydrogens is 296 g/mol. The summed E-state index contributed by atoms with van der Waals surface area (Å²) in [4.78, 5) is 0.904. The molecule has 1 aromatic rings. The molecule has 1 aromatic carbocycles. The van der Waals surface area contributed by atoms with Gasteiger partial charge in [-0.3, -0.25) is 0 Å². The van der Waals surface area contributed by atoms with Gasteiger partial charge in [-0.1, -0.05) is 12.1 Å². The lowest BCUT2D eigenvalue weighted by atomic mass is 10.1. The molecule has 0 amide bonds. The van der Waals surface area contributed by atoms with Gasteiger partial charge in [0.15, 0.2) is 0 Å². The smallest absolute Gasteiger partial charge is 0.215 e. The summed E-state index contributed by atoms with van der Waals surface area (Å²) in [6, 6.07) is 7.43. The summed E-state index contributed by atoms with van der Waals surface area (Å²) in [6.45, 7) is 0.734. The molecule has 0 aliphatic carbocycles. The summed E-state index contributed by atoms with van der Waals surface area (Å²) in [5, 5.41) is 9.55. The number of aliphatic hydroxyl groups excluding tert-OH is 1. The van der Waals surface area contributed by atoms with E-state index in [1.807, 2.05) is 18.2 Å². The molecule has 3 N–H and O–H groups in total. The minimum absolute atomic E-state index is 0.0682. The van der Waals surface area contributed by atoms with Crippen molar-refractivity contribution in [3.8, 4) is 0 Å². The number of piperidine rings is 1. The quantitative estimate of drug-likeness (QED) is 0.629. The second kappa shape index (κ2) is 6.80. The Morgan fingerprint density at radius 3 is 2.85 bits per heavy atom. The summed E-state index contributed by atoms with van der Waals surface area (Å²) in [6.07, 6.45) is 0.872. The predicted molar refractivity (Wildman–Crippen MR) is 82.2 cm³/mol. The maximum absolute atomic E-state index is 12.2. The van der Waals surface area contributed by atoms with Crippen molar-refractivity contribution < 1.29 is 13.5 Å². The second-order valence-corrected chi connectivity index (χ2v) is 8.08. The summed E-state index contributed by atoms with van der Waals surface area (Å²) in [5.41, 5.74) is 6.49. The van der Waals surface area contributed by atoms with Gasteiger partial charge in [0, 0.05) is 29.4 Å². The second-order valence-electron chi connectivity index (χ2n) is 4.86. The molecule has 1 saturated heterocycles. The number of nitrogens with two attached hydrogens (primary N) is 1. The molecule has 2 rings (SSSR count). The molecule has 1 aliphatic rings. The Morgan fingerprint density at radius 1 is 1.40 bits per heavy atom. The summed E-state index contributed by atoms with van der Waals surface area (Å²) < 4.78 is 25.8. The number of anilines is 1. The average molecular weight is 316 g/mol. The Kier molecular flexibility index (Phi) is 5.31. The third-order valence-corrected chi connectivity index (χ3v) is 6.46. The fourth-order valence-electron chi connectivity index (χ4n) is 2.17. The van der Waals surface area contributed by atoms with Gasteiger partial charge < -0.3 is 10.8 Å². The topological polar surface area (TPSA) is 83.6 Å². The van der Waals surface area contributed by atoms with Crippen LogP contribution in [0, 0.1) is 0 Å². The maximum Gasteiger partial charge on any atom is 0.215 e. The summed E-state index contributed by atoms with van der Waals surface area (Å²) in [5.74, 6) is 0.530. The standard InChI is InChI=1S/C13H20N2O3S2/c14-12-5-1-2-6-13(12)19-8-9-20(17,18)15-7-3-4-11(16)10-15/h1-2,5-6,11,16H,3-4,7-10,14H2. The molecule has 0 spiro atoms. The van der Waals surface area contributed by atoms with Gasteiger partial charge in [0.1, 0.15) is 0 Å². The first-order valence-electron chi connectivity index (χ1n) is 6.62. The molecule has 1 aliphatic heterocycles. The SMILES string of the molecule is Nc1ccccc1SCCS(=O)(=O)N1CCCC(O)C1. The van der Waals surface area contributed by atoms with Crippen LogP contribution in [0.25, 0.3) is 0 Å². The summed E-state index contributed by atoms with van der Waals surface area (Å²) in [7, 11) is -3.29. The van der Waals surface area contributed by atoms with Crippen LogP contribution in [0.3, 0.4) is 0 Å². The van der Waals surface area contributed by atoms with Gasteiger partial charge in [-0.2, -0.15) is 4.31 Å². The van der Waals surface area contributed by atoms with Gasteiger partial charge in [0.05, 0.1) is 11.9 Å². The summed E-state index contributed by atoms with van der Waals surface area (Å²) >= 11 is 1.45. The van der Waals surface area contributed by atoms with Crippen LogP contribution < -0.4 is 5.73 Å². The largest absolute Gasteiger partial charge is 0.398 e. The normalized spacial score (nSPS) is 20.9. The molecule has 0 saturated carbocycles. The Hall–Kier alpha value is -0.760. The number of benzene rings is 1. The zero-order valence-electron chi connectivity index (χ0n) is 11.2. The van der Waals surface area contributed by atoms with Crippen molar-refractivity contribution in [1.82, 2.24) is 4.31 Å². The first-order chi connectivity index (χ1) is 9.49. The van der Waals surface area contributed by atoms with E-state index in [0.717, 1.165) is 11.3 Å². The number of hydrogen-bond acceptors (Lipinski definition) is 5. The van der Waals surface area contributed by atoms with Crippen molar-refractivity contribution in [3.05, 3.63) is 24.3 Å². The number of sulfonamides is 1. The molecule has 0 radical (unpaired) electrons. The van der Waals surface area contributed by atoms with Crippen molar-refractivity contribution in [2.24, 2.45) is 0 Å². The van der Waals surface area contributed by atoms with Gasteiger partial charge >= 0.3 is 0 Å². The van der Waals surface area contributed by atoms with Crippen LogP contribution in [0.5, 0.6) is 0 Å². The lowest BCUT2D eigenvalue weighted by molar-refractivity contribution is 0.108. The molecule has 5 nitrogen and oxygen atoms in total. The van der Waals surface area contributed by atoms with E-state index in [0.29, 0.717) is 24.4 Å². The number of para-hydroxylation sites is 1. The number of β-amino-alcohol motifs (C(OH)–C–C–N with tert-alkyl or cyclic N) is 1. The molecule has 1 atom stereocenters. The number of hydrogen-bond donors (Lipinski definition) is 2. The van der Waals surface area contributed by atoms with Gasteiger partial charge in [0.25, 0.3) is 0 Å². The van der Waals surface area contributed by atoms with E-state index in [9.17, 15) is 13.5 Å². The number of aliphatic hydroxyl groups is 1. The lowest BCUT2D eigenvalue weighted by Gasteiger charge is -2.29. The highest BCUT2D eigenvalue weighted by atomic mass is 32.2. The zero-order valence-corrected chi connectivity index (χ0v) is 12.9. The van der Waals surface area contributed by atoms with E-state index in [1.54, 1.807) is 6.07 Å². The van der Waals surface area contributed by atoms with Crippen LogP contribution >= 0.6 is 11.8 Å². The van der Waals surface area contributed by atoms with Crippen LogP contribution in [-0.2, 0) is 10.0 Å². The Balaban J connectivity index is 1.88. The van der Waals surface area contributed by atoms with Gasteiger partial charge in [-0.05, 0) is 25.0 Å². The molecule has 112 valence electrons. The molecule has 0 bridgehead atoms. The Bertz CT molecular complexity index is 548. The third-order valence-electron chi connectivity index (χ3n) is 3.27. The third kappa shape index (κ3) is 4.12. The van der Waals surface area contributed by atoms with Gasteiger partial charge in [-0.25, -0.2) is 8.42 Å². The molecule has 1 fully saturated rings. The number of nitrogen functional groups attached to an aromatic ring is 1. The van der Waals surface area contributed by atoms with Crippen LogP contribution in [0.15, 0.2) is 29.2 Å². The number of rotatable bonds is 5. The van der Waals surface area contributed by atoms with Gasteiger partial charge in [0.2, 0.25) is 10.0 Å². The minimum atomic E-state index is -3.29. The highest BCUT2D eigenvalue weighted by Crippen LogP contribution is 2.25. The van der Waals surface area contributed by atoms with Crippen LogP contribution in [0.4, 0.5) is 5.69 Å². The predicted octanol–water partition coefficient (Wildman–Crippen LogP) is 1.15. The van der Waals surface area contributed by atoms with Crippen molar-refractivity contribution in [3.63, 3.8) is 0 Å². The molecule has 1 heterocycles. The van der Waals surface area contributed by atoms with Crippen molar-refractivity contribution in [1.29, 1.82) is 0 Å². The molecule has 0 aromatic heterocycles. The zero-order chi connectivity index (χ0) is 14.6.